The Bertz CT molecular complexity index is 461. The van der Waals surface area contributed by atoms with Gasteiger partial charge in [-0.25, -0.2) is 15.8 Å². The first-order chi connectivity index (χ1) is 9.41. The fourth-order valence-corrected chi connectivity index (χ4v) is 3.30. The van der Waals surface area contributed by atoms with Crippen LogP contribution in [-0.4, -0.2) is 33.6 Å². The number of nitrogens with two attached hydrogens (primary N) is 1. The third kappa shape index (κ3) is 3.76. The molecule has 0 aliphatic carbocycles. The van der Waals surface area contributed by atoms with Crippen molar-refractivity contribution < 1.29 is 0 Å². The summed E-state index contributed by atoms with van der Waals surface area (Å²) in [5.74, 6) is 9.45. The Kier molecular flexibility index (Phi) is 4.75. The molecule has 5 nitrogen and oxygen atoms in total. The molecule has 112 valence electrons. The quantitative estimate of drug-likeness (QED) is 0.660. The molecule has 20 heavy (non-hydrogen) atoms. The maximum absolute atomic E-state index is 5.53. The van der Waals surface area contributed by atoms with Crippen LogP contribution in [0.5, 0.6) is 0 Å². The summed E-state index contributed by atoms with van der Waals surface area (Å²) in [5, 5.41) is 0. The van der Waals surface area contributed by atoms with E-state index in [4.69, 9.17) is 10.8 Å². The molecule has 1 aliphatic rings. The minimum absolute atomic E-state index is 0.292. The topological polar surface area (TPSA) is 67.1 Å². The molecule has 1 aromatic rings. The number of nitrogens with one attached hydrogen (secondary N) is 1. The van der Waals surface area contributed by atoms with Crippen LogP contribution in [0, 0.1) is 0 Å². The Morgan fingerprint density at radius 2 is 2.10 bits per heavy atom. The van der Waals surface area contributed by atoms with Gasteiger partial charge in [-0.3, -0.25) is 0 Å². The molecule has 0 saturated carbocycles. The van der Waals surface area contributed by atoms with Crippen LogP contribution < -0.4 is 16.2 Å². The highest BCUT2D eigenvalue weighted by Crippen LogP contribution is 2.32. The van der Waals surface area contributed by atoms with Gasteiger partial charge in [-0.1, -0.05) is 27.7 Å². The van der Waals surface area contributed by atoms with Gasteiger partial charge in [0, 0.05) is 35.6 Å². The average Bonchev–Trinajstić information content (AvgIpc) is 2.59. The van der Waals surface area contributed by atoms with Crippen molar-refractivity contribution in [1.82, 2.24) is 9.97 Å². The van der Waals surface area contributed by atoms with Crippen LogP contribution in [0.3, 0.4) is 0 Å². The zero-order chi connectivity index (χ0) is 14.8. The highest BCUT2D eigenvalue weighted by atomic mass is 32.2. The van der Waals surface area contributed by atoms with Crippen molar-refractivity contribution in [2.45, 2.75) is 44.8 Å². The smallest absolute Gasteiger partial charge is 0.145 e. The van der Waals surface area contributed by atoms with E-state index in [1.165, 1.54) is 0 Å². The van der Waals surface area contributed by atoms with Gasteiger partial charge in [0.25, 0.3) is 0 Å². The molecule has 0 spiro atoms. The van der Waals surface area contributed by atoms with Crippen molar-refractivity contribution >= 4 is 23.4 Å². The number of hydrogen-bond acceptors (Lipinski definition) is 6. The largest absolute Gasteiger partial charge is 0.356 e. The van der Waals surface area contributed by atoms with E-state index in [1.807, 2.05) is 17.8 Å². The Labute approximate surface area is 125 Å². The molecule has 1 saturated heterocycles. The monoisotopic (exact) mass is 295 g/mol. The summed E-state index contributed by atoms with van der Waals surface area (Å²) in [7, 11) is 0. The summed E-state index contributed by atoms with van der Waals surface area (Å²) >= 11 is 2.03. The lowest BCUT2D eigenvalue weighted by Crippen LogP contribution is -2.28. The van der Waals surface area contributed by atoms with E-state index in [0.717, 1.165) is 36.9 Å². The second-order valence-electron chi connectivity index (χ2n) is 6.11. The predicted molar refractivity (Wildman–Crippen MR) is 87.3 cm³/mol. The Balaban J connectivity index is 2.25. The predicted octanol–water partition coefficient (Wildman–Crippen LogP) is 2.61. The average molecular weight is 295 g/mol. The molecule has 0 radical (unpaired) electrons. The number of hydrogen-bond donors (Lipinski definition) is 2. The van der Waals surface area contributed by atoms with Gasteiger partial charge in [0.05, 0.1) is 0 Å². The molecule has 0 atom stereocenters. The number of anilines is 2. The molecule has 0 amide bonds. The first-order valence-corrected chi connectivity index (χ1v) is 8.14. The minimum atomic E-state index is 0.292. The van der Waals surface area contributed by atoms with Crippen LogP contribution >= 0.6 is 11.8 Å². The van der Waals surface area contributed by atoms with Crippen molar-refractivity contribution in [3.05, 3.63) is 11.9 Å². The van der Waals surface area contributed by atoms with Crippen molar-refractivity contribution in [2.75, 3.05) is 29.2 Å². The van der Waals surface area contributed by atoms with Crippen LogP contribution in [0.2, 0.25) is 0 Å². The van der Waals surface area contributed by atoms with Gasteiger partial charge in [0.2, 0.25) is 0 Å². The second kappa shape index (κ2) is 6.18. The van der Waals surface area contributed by atoms with E-state index in [0.29, 0.717) is 16.5 Å². The number of nitrogen functional groups attached to an aromatic ring is 1. The molecule has 0 bridgehead atoms. The highest BCUT2D eigenvalue weighted by molar-refractivity contribution is 8.00. The Morgan fingerprint density at radius 3 is 2.75 bits per heavy atom. The Morgan fingerprint density at radius 1 is 1.35 bits per heavy atom. The SMILES string of the molecule is CC(C)c1nc(NN)cc(N2CCSC(C)(C)CC2)n1. The molecule has 1 aromatic heterocycles. The van der Waals surface area contributed by atoms with Crippen molar-refractivity contribution in [1.29, 1.82) is 0 Å². The van der Waals surface area contributed by atoms with Gasteiger partial charge in [-0.2, -0.15) is 11.8 Å². The van der Waals surface area contributed by atoms with E-state index in [-0.39, 0.29) is 0 Å². The molecular weight excluding hydrogens is 270 g/mol. The molecule has 6 heteroatoms. The van der Waals surface area contributed by atoms with Gasteiger partial charge in [-0.15, -0.1) is 0 Å². The third-order valence-electron chi connectivity index (χ3n) is 3.56. The molecule has 1 aliphatic heterocycles. The lowest BCUT2D eigenvalue weighted by Gasteiger charge is -2.24. The van der Waals surface area contributed by atoms with Crippen LogP contribution in [-0.2, 0) is 0 Å². The molecule has 3 N–H and O–H groups in total. The summed E-state index contributed by atoms with van der Waals surface area (Å²) in [6.45, 7) is 10.9. The molecule has 2 rings (SSSR count). The Hall–Kier alpha value is -1.01. The lowest BCUT2D eigenvalue weighted by molar-refractivity contribution is 0.633. The van der Waals surface area contributed by atoms with Crippen LogP contribution in [0.15, 0.2) is 6.07 Å². The van der Waals surface area contributed by atoms with Gasteiger partial charge in [0.15, 0.2) is 0 Å². The maximum atomic E-state index is 5.53. The summed E-state index contributed by atoms with van der Waals surface area (Å²) < 4.78 is 0.345. The number of nitrogens with zero attached hydrogens (tertiary/aromatic N) is 3. The number of aromatic nitrogens is 2. The van der Waals surface area contributed by atoms with E-state index < -0.39 is 0 Å². The normalized spacial score (nSPS) is 19.0. The lowest BCUT2D eigenvalue weighted by atomic mass is 10.1. The molecule has 0 aromatic carbocycles. The highest BCUT2D eigenvalue weighted by Gasteiger charge is 2.24. The number of rotatable bonds is 3. The van der Waals surface area contributed by atoms with Crippen molar-refractivity contribution in [3.63, 3.8) is 0 Å². The second-order valence-corrected chi connectivity index (χ2v) is 7.92. The van der Waals surface area contributed by atoms with E-state index in [2.05, 4.69) is 43.0 Å². The fourth-order valence-electron chi connectivity index (χ4n) is 2.20. The molecule has 2 heterocycles. The summed E-state index contributed by atoms with van der Waals surface area (Å²) in [6, 6.07) is 1.94. The van der Waals surface area contributed by atoms with E-state index in [9.17, 15) is 0 Å². The zero-order valence-corrected chi connectivity index (χ0v) is 13.6. The van der Waals surface area contributed by atoms with Crippen molar-refractivity contribution in [2.24, 2.45) is 5.84 Å². The minimum Gasteiger partial charge on any atom is -0.356 e. The van der Waals surface area contributed by atoms with Crippen LogP contribution in [0.1, 0.15) is 45.9 Å². The standard InChI is InChI=1S/C14H25N5S/c1-10(2)13-16-11(18-15)9-12(17-13)19-6-5-14(3,4)20-8-7-19/h9-10H,5-8,15H2,1-4H3,(H,16,17,18). The maximum Gasteiger partial charge on any atom is 0.145 e. The summed E-state index contributed by atoms with van der Waals surface area (Å²) in [5.41, 5.74) is 2.65. The summed E-state index contributed by atoms with van der Waals surface area (Å²) in [4.78, 5) is 11.5. The van der Waals surface area contributed by atoms with E-state index >= 15 is 0 Å². The first kappa shape index (κ1) is 15.4. The molecular formula is C14H25N5S. The van der Waals surface area contributed by atoms with Gasteiger partial charge >= 0.3 is 0 Å². The third-order valence-corrected chi connectivity index (χ3v) is 4.93. The molecule has 1 fully saturated rings. The molecule has 0 unspecified atom stereocenters. The zero-order valence-electron chi connectivity index (χ0n) is 12.8. The van der Waals surface area contributed by atoms with Gasteiger partial charge in [-0.05, 0) is 6.42 Å². The van der Waals surface area contributed by atoms with Gasteiger partial charge < -0.3 is 10.3 Å². The fraction of sp³-hybridized carbons (Fsp3) is 0.714. The van der Waals surface area contributed by atoms with Gasteiger partial charge in [0.1, 0.15) is 17.5 Å². The number of thioether (sulfide) groups is 1. The first-order valence-electron chi connectivity index (χ1n) is 7.16. The van der Waals surface area contributed by atoms with Crippen LogP contribution in [0.25, 0.3) is 0 Å². The summed E-state index contributed by atoms with van der Waals surface area (Å²) in [6.07, 6.45) is 1.16. The van der Waals surface area contributed by atoms with E-state index in [1.54, 1.807) is 0 Å². The van der Waals surface area contributed by atoms with Crippen LogP contribution in [0.4, 0.5) is 11.6 Å². The number of hydrazine groups is 1. The van der Waals surface area contributed by atoms with Crippen molar-refractivity contribution in [3.8, 4) is 0 Å².